The van der Waals surface area contributed by atoms with Gasteiger partial charge in [-0.3, -0.25) is 4.79 Å². The number of benzene rings is 1. The lowest BCUT2D eigenvalue weighted by atomic mass is 10.2. The van der Waals surface area contributed by atoms with Crippen molar-refractivity contribution in [3.8, 4) is 11.5 Å². The zero-order chi connectivity index (χ0) is 11.7. The van der Waals surface area contributed by atoms with Crippen LogP contribution in [0.25, 0.3) is 0 Å². The number of carbonyl (C=O) groups is 1. The van der Waals surface area contributed by atoms with Gasteiger partial charge < -0.3 is 9.47 Å². The molecule has 0 fully saturated rings. The molecule has 0 radical (unpaired) electrons. The van der Waals surface area contributed by atoms with E-state index in [1.165, 1.54) is 4.68 Å². The molecule has 1 aliphatic rings. The van der Waals surface area contributed by atoms with E-state index in [1.807, 2.05) is 0 Å². The zero-order valence-corrected chi connectivity index (χ0v) is 9.00. The number of fused-ring (bicyclic) bond motifs is 1. The lowest BCUT2D eigenvalue weighted by molar-refractivity contribution is 0.0944. The summed E-state index contributed by atoms with van der Waals surface area (Å²) in [6.07, 6.45) is 3.18. The molecule has 2 heterocycles. The molecule has 0 aliphatic carbocycles. The third kappa shape index (κ3) is 1.75. The van der Waals surface area contributed by atoms with E-state index in [4.69, 9.17) is 9.47 Å². The second-order valence-corrected chi connectivity index (χ2v) is 3.61. The van der Waals surface area contributed by atoms with Crippen molar-refractivity contribution in [2.24, 2.45) is 0 Å². The van der Waals surface area contributed by atoms with Gasteiger partial charge in [0.05, 0.1) is 0 Å². The molecule has 0 atom stereocenters. The van der Waals surface area contributed by atoms with Gasteiger partial charge in [0.15, 0.2) is 11.5 Å². The van der Waals surface area contributed by atoms with Crippen molar-refractivity contribution in [1.29, 1.82) is 0 Å². The standard InChI is InChI=1S/C12H10N2O3/c15-12(14-5-1-4-13-14)9-2-3-10-11(8-9)17-7-6-16-10/h1-5,8H,6-7H2. The number of aromatic nitrogens is 2. The summed E-state index contributed by atoms with van der Waals surface area (Å²) in [5, 5.41) is 3.90. The normalized spacial score (nSPS) is 13.4. The second kappa shape index (κ2) is 3.93. The van der Waals surface area contributed by atoms with Gasteiger partial charge in [0.25, 0.3) is 5.91 Å². The largest absolute Gasteiger partial charge is 0.486 e. The molecule has 0 saturated heterocycles. The Bertz CT molecular complexity index is 549. The summed E-state index contributed by atoms with van der Waals surface area (Å²) in [7, 11) is 0. The van der Waals surface area contributed by atoms with E-state index in [0.29, 0.717) is 30.3 Å². The Hall–Kier alpha value is -2.30. The third-order valence-electron chi connectivity index (χ3n) is 2.50. The van der Waals surface area contributed by atoms with Gasteiger partial charge in [-0.1, -0.05) is 0 Å². The molecule has 17 heavy (non-hydrogen) atoms. The van der Waals surface area contributed by atoms with Crippen molar-refractivity contribution in [2.75, 3.05) is 13.2 Å². The summed E-state index contributed by atoms with van der Waals surface area (Å²) < 4.78 is 12.1. The molecule has 0 spiro atoms. The SMILES string of the molecule is O=C(c1ccc2c(c1)OCCO2)n1cccn1. The first kappa shape index (κ1) is 9.89. The molecule has 0 unspecified atom stereocenters. The van der Waals surface area contributed by atoms with Crippen LogP contribution in [-0.4, -0.2) is 28.9 Å². The quantitative estimate of drug-likeness (QED) is 0.741. The van der Waals surface area contributed by atoms with Crippen LogP contribution in [-0.2, 0) is 0 Å². The molecule has 86 valence electrons. The first-order valence-electron chi connectivity index (χ1n) is 5.28. The van der Waals surface area contributed by atoms with E-state index in [1.54, 1.807) is 36.7 Å². The molecule has 5 heteroatoms. The van der Waals surface area contributed by atoms with Crippen molar-refractivity contribution < 1.29 is 14.3 Å². The highest BCUT2D eigenvalue weighted by Gasteiger charge is 2.15. The number of carbonyl (C=O) groups excluding carboxylic acids is 1. The lowest BCUT2D eigenvalue weighted by Crippen LogP contribution is -2.17. The lowest BCUT2D eigenvalue weighted by Gasteiger charge is -2.18. The Morgan fingerprint density at radius 1 is 1.24 bits per heavy atom. The summed E-state index contributed by atoms with van der Waals surface area (Å²) in [4.78, 5) is 12.0. The molecular weight excluding hydrogens is 220 g/mol. The van der Waals surface area contributed by atoms with E-state index in [2.05, 4.69) is 5.10 Å². The number of nitrogens with zero attached hydrogens (tertiary/aromatic N) is 2. The predicted octanol–water partition coefficient (Wildman–Crippen LogP) is 1.34. The van der Waals surface area contributed by atoms with Gasteiger partial charge in [-0.2, -0.15) is 5.10 Å². The Morgan fingerprint density at radius 2 is 2.06 bits per heavy atom. The monoisotopic (exact) mass is 230 g/mol. The van der Waals surface area contributed by atoms with Gasteiger partial charge in [0, 0.05) is 18.0 Å². The molecular formula is C12H10N2O3. The molecule has 1 aromatic carbocycles. The number of hydrogen-bond acceptors (Lipinski definition) is 4. The van der Waals surface area contributed by atoms with Gasteiger partial charge >= 0.3 is 0 Å². The summed E-state index contributed by atoms with van der Waals surface area (Å²) >= 11 is 0. The van der Waals surface area contributed by atoms with Gasteiger partial charge in [-0.15, -0.1) is 0 Å². The van der Waals surface area contributed by atoms with Gasteiger partial charge in [0.2, 0.25) is 0 Å². The second-order valence-electron chi connectivity index (χ2n) is 3.61. The fourth-order valence-corrected chi connectivity index (χ4v) is 1.70. The highest BCUT2D eigenvalue weighted by molar-refractivity contribution is 5.95. The molecule has 1 aliphatic heterocycles. The number of ether oxygens (including phenoxy) is 2. The maximum atomic E-state index is 12.0. The van der Waals surface area contributed by atoms with Crippen LogP contribution in [0.1, 0.15) is 10.4 Å². The average molecular weight is 230 g/mol. The summed E-state index contributed by atoms with van der Waals surface area (Å²) in [5.41, 5.74) is 0.526. The van der Waals surface area contributed by atoms with Crippen LogP contribution in [0.3, 0.4) is 0 Å². The van der Waals surface area contributed by atoms with Gasteiger partial charge in [-0.05, 0) is 24.3 Å². The molecule has 0 N–H and O–H groups in total. The van der Waals surface area contributed by atoms with Crippen molar-refractivity contribution in [2.45, 2.75) is 0 Å². The Balaban J connectivity index is 1.96. The van der Waals surface area contributed by atoms with Gasteiger partial charge in [0.1, 0.15) is 13.2 Å². The summed E-state index contributed by atoms with van der Waals surface area (Å²) in [6.45, 7) is 1.05. The first-order chi connectivity index (χ1) is 8.34. The first-order valence-corrected chi connectivity index (χ1v) is 5.28. The number of rotatable bonds is 1. The third-order valence-corrected chi connectivity index (χ3v) is 2.50. The minimum absolute atomic E-state index is 0.188. The molecule has 1 aromatic heterocycles. The fourth-order valence-electron chi connectivity index (χ4n) is 1.70. The maximum absolute atomic E-state index is 12.0. The van der Waals surface area contributed by atoms with Crippen LogP contribution in [0.5, 0.6) is 11.5 Å². The van der Waals surface area contributed by atoms with E-state index < -0.39 is 0 Å². The highest BCUT2D eigenvalue weighted by atomic mass is 16.6. The maximum Gasteiger partial charge on any atom is 0.278 e. The molecule has 0 saturated carbocycles. The van der Waals surface area contributed by atoms with E-state index >= 15 is 0 Å². The van der Waals surface area contributed by atoms with Crippen molar-refractivity contribution in [3.63, 3.8) is 0 Å². The Labute approximate surface area is 97.6 Å². The van der Waals surface area contributed by atoms with Crippen LogP contribution in [0.4, 0.5) is 0 Å². The molecule has 5 nitrogen and oxygen atoms in total. The van der Waals surface area contributed by atoms with E-state index in [9.17, 15) is 4.79 Å². The predicted molar refractivity (Wildman–Crippen MR) is 59.4 cm³/mol. The van der Waals surface area contributed by atoms with Crippen LogP contribution in [0.15, 0.2) is 36.7 Å². The van der Waals surface area contributed by atoms with Gasteiger partial charge in [-0.25, -0.2) is 4.68 Å². The van der Waals surface area contributed by atoms with Crippen LogP contribution in [0, 0.1) is 0 Å². The van der Waals surface area contributed by atoms with Crippen LogP contribution < -0.4 is 9.47 Å². The molecule has 0 amide bonds. The molecule has 2 aromatic rings. The fraction of sp³-hybridized carbons (Fsp3) is 0.167. The Morgan fingerprint density at radius 3 is 2.82 bits per heavy atom. The molecule has 3 rings (SSSR count). The minimum atomic E-state index is -0.188. The smallest absolute Gasteiger partial charge is 0.278 e. The minimum Gasteiger partial charge on any atom is -0.486 e. The van der Waals surface area contributed by atoms with Crippen molar-refractivity contribution in [3.05, 3.63) is 42.2 Å². The van der Waals surface area contributed by atoms with E-state index in [-0.39, 0.29) is 5.91 Å². The van der Waals surface area contributed by atoms with Crippen LogP contribution >= 0.6 is 0 Å². The molecule has 0 bridgehead atoms. The summed E-state index contributed by atoms with van der Waals surface area (Å²) in [5.74, 6) is 1.09. The zero-order valence-electron chi connectivity index (χ0n) is 9.00. The average Bonchev–Trinajstić information content (AvgIpc) is 2.91. The highest BCUT2D eigenvalue weighted by Crippen LogP contribution is 2.30. The Kier molecular flexibility index (Phi) is 2.29. The summed E-state index contributed by atoms with van der Waals surface area (Å²) in [6, 6.07) is 6.83. The topological polar surface area (TPSA) is 53.4 Å². The van der Waals surface area contributed by atoms with Crippen molar-refractivity contribution in [1.82, 2.24) is 9.78 Å². The van der Waals surface area contributed by atoms with Crippen LogP contribution in [0.2, 0.25) is 0 Å². The number of hydrogen-bond donors (Lipinski definition) is 0. The van der Waals surface area contributed by atoms with Crippen molar-refractivity contribution >= 4 is 5.91 Å². The van der Waals surface area contributed by atoms with E-state index in [0.717, 1.165) is 0 Å².